The van der Waals surface area contributed by atoms with Crippen LogP contribution in [0.25, 0.3) is 0 Å². The molecule has 0 radical (unpaired) electrons. The fraction of sp³-hybridized carbons (Fsp3) is 1.00. The summed E-state index contributed by atoms with van der Waals surface area (Å²) in [5, 5.41) is 0. The Kier molecular flexibility index (Phi) is 6.71. The van der Waals surface area contributed by atoms with Gasteiger partial charge in [0.2, 0.25) is 0 Å². The highest BCUT2D eigenvalue weighted by Gasteiger charge is 2.20. The van der Waals surface area contributed by atoms with Gasteiger partial charge in [-0.25, -0.2) is 0 Å². The first kappa shape index (κ1) is 12.1. The molecule has 0 aromatic carbocycles. The molecule has 0 spiro atoms. The van der Waals surface area contributed by atoms with Crippen LogP contribution in [-0.2, 0) is 4.43 Å². The van der Waals surface area contributed by atoms with Crippen molar-refractivity contribution in [2.75, 3.05) is 13.2 Å². The topological polar surface area (TPSA) is 35.2 Å². The fourth-order valence-electron chi connectivity index (χ4n) is 1.33. The lowest BCUT2D eigenvalue weighted by molar-refractivity contribution is 0.327. The molecule has 0 aromatic rings. The van der Waals surface area contributed by atoms with Gasteiger partial charge in [0, 0.05) is 6.61 Å². The van der Waals surface area contributed by atoms with Crippen LogP contribution < -0.4 is 5.73 Å². The lowest BCUT2D eigenvalue weighted by atomic mass is 10.2. The second-order valence-corrected chi connectivity index (χ2v) is 8.10. The molecule has 0 aliphatic rings. The predicted octanol–water partition coefficient (Wildman–Crippen LogP) is 2.36. The van der Waals surface area contributed by atoms with Crippen LogP contribution >= 0.6 is 0 Å². The van der Waals surface area contributed by atoms with Crippen LogP contribution in [0.3, 0.4) is 0 Å². The predicted molar refractivity (Wildman–Crippen MR) is 56.8 cm³/mol. The van der Waals surface area contributed by atoms with Crippen molar-refractivity contribution in [3.05, 3.63) is 0 Å². The normalized spacial score (nSPS) is 12.0. The van der Waals surface area contributed by atoms with E-state index in [-0.39, 0.29) is 0 Å². The fourth-order valence-corrected chi connectivity index (χ4v) is 3.36. The summed E-state index contributed by atoms with van der Waals surface area (Å²) in [5.74, 6) is 0. The Morgan fingerprint density at radius 3 is 2.33 bits per heavy atom. The summed E-state index contributed by atoms with van der Waals surface area (Å²) in [6, 6.07) is 1.28. The van der Waals surface area contributed by atoms with Crippen molar-refractivity contribution >= 4 is 8.32 Å². The Morgan fingerprint density at radius 1 is 1.17 bits per heavy atom. The van der Waals surface area contributed by atoms with Gasteiger partial charge in [0.15, 0.2) is 8.32 Å². The number of hydrogen-bond donors (Lipinski definition) is 1. The molecule has 0 aromatic heterocycles. The van der Waals surface area contributed by atoms with E-state index in [4.69, 9.17) is 10.2 Å². The van der Waals surface area contributed by atoms with Gasteiger partial charge < -0.3 is 10.2 Å². The molecule has 0 aliphatic carbocycles. The van der Waals surface area contributed by atoms with Gasteiger partial charge in [-0.05, 0) is 39.0 Å². The molecule has 0 fully saturated rings. The Morgan fingerprint density at radius 2 is 1.83 bits per heavy atom. The highest BCUT2D eigenvalue weighted by Crippen LogP contribution is 2.15. The smallest absolute Gasteiger partial charge is 0.186 e. The van der Waals surface area contributed by atoms with Crippen LogP contribution in [0.1, 0.15) is 26.2 Å². The van der Waals surface area contributed by atoms with E-state index in [9.17, 15) is 0 Å². The number of hydrogen-bond acceptors (Lipinski definition) is 2. The maximum Gasteiger partial charge on any atom is 0.186 e. The number of nitrogens with two attached hydrogens (primary N) is 1. The minimum atomic E-state index is -1.29. The second kappa shape index (κ2) is 6.63. The molecule has 0 saturated heterocycles. The van der Waals surface area contributed by atoms with E-state index >= 15 is 0 Å². The minimum absolute atomic E-state index is 0.830. The summed E-state index contributed by atoms with van der Waals surface area (Å²) in [4.78, 5) is 0. The first-order valence-electron chi connectivity index (χ1n) is 4.96. The molecule has 12 heavy (non-hydrogen) atoms. The average molecular weight is 189 g/mol. The molecule has 0 saturated carbocycles. The standard InChI is InChI=1S/C9H23NOSi/c1-4-11-12(2,3)9-7-5-6-8-10/h4-10H2,1-3H3. The maximum atomic E-state index is 5.72. The molecule has 0 atom stereocenters. The first-order chi connectivity index (χ1) is 5.62. The lowest BCUT2D eigenvalue weighted by Gasteiger charge is -2.21. The molecule has 74 valence electrons. The van der Waals surface area contributed by atoms with Crippen LogP contribution in [0, 0.1) is 0 Å². The molecule has 0 heterocycles. The molecule has 2 N–H and O–H groups in total. The summed E-state index contributed by atoms with van der Waals surface area (Å²) in [6.45, 7) is 8.36. The van der Waals surface area contributed by atoms with Gasteiger partial charge in [0.05, 0.1) is 0 Å². The summed E-state index contributed by atoms with van der Waals surface area (Å²) < 4.78 is 5.72. The van der Waals surface area contributed by atoms with E-state index in [0.29, 0.717) is 0 Å². The van der Waals surface area contributed by atoms with E-state index in [1.807, 2.05) is 0 Å². The summed E-state index contributed by atoms with van der Waals surface area (Å²) >= 11 is 0. The molecule has 0 aliphatic heterocycles. The van der Waals surface area contributed by atoms with Gasteiger partial charge in [-0.3, -0.25) is 0 Å². The van der Waals surface area contributed by atoms with Crippen LogP contribution in [0.5, 0.6) is 0 Å². The van der Waals surface area contributed by atoms with Gasteiger partial charge >= 0.3 is 0 Å². The molecular formula is C9H23NOSi. The molecule has 0 bridgehead atoms. The quantitative estimate of drug-likeness (QED) is 0.493. The van der Waals surface area contributed by atoms with Gasteiger partial charge in [-0.15, -0.1) is 0 Å². The van der Waals surface area contributed by atoms with Gasteiger partial charge in [-0.1, -0.05) is 12.8 Å². The summed E-state index contributed by atoms with van der Waals surface area (Å²) in [7, 11) is -1.29. The Bertz CT molecular complexity index is 107. The van der Waals surface area contributed by atoms with Gasteiger partial charge in [0.25, 0.3) is 0 Å². The first-order valence-corrected chi connectivity index (χ1v) is 8.08. The zero-order valence-corrected chi connectivity index (χ0v) is 9.73. The Hall–Kier alpha value is 0.137. The van der Waals surface area contributed by atoms with Crippen molar-refractivity contribution in [1.82, 2.24) is 0 Å². The summed E-state index contributed by atoms with van der Waals surface area (Å²) in [5.41, 5.74) is 5.42. The minimum Gasteiger partial charge on any atom is -0.418 e. The third kappa shape index (κ3) is 6.82. The average Bonchev–Trinajstić information content (AvgIpc) is 1.98. The van der Waals surface area contributed by atoms with E-state index in [2.05, 4.69) is 20.0 Å². The van der Waals surface area contributed by atoms with E-state index in [0.717, 1.165) is 19.6 Å². The highest BCUT2D eigenvalue weighted by molar-refractivity contribution is 6.71. The van der Waals surface area contributed by atoms with Crippen molar-refractivity contribution in [1.29, 1.82) is 0 Å². The maximum absolute atomic E-state index is 5.72. The van der Waals surface area contributed by atoms with E-state index < -0.39 is 8.32 Å². The van der Waals surface area contributed by atoms with Crippen LogP contribution in [-0.4, -0.2) is 21.5 Å². The molecule has 2 nitrogen and oxygen atoms in total. The number of rotatable bonds is 7. The largest absolute Gasteiger partial charge is 0.418 e. The molecule has 3 heteroatoms. The molecule has 0 amide bonds. The van der Waals surface area contributed by atoms with Gasteiger partial charge in [0.1, 0.15) is 0 Å². The SMILES string of the molecule is CCO[Si](C)(C)CCCCCN. The monoisotopic (exact) mass is 189 g/mol. The molecular weight excluding hydrogens is 166 g/mol. The van der Waals surface area contributed by atoms with Gasteiger partial charge in [-0.2, -0.15) is 0 Å². The Labute approximate surface area is 77.6 Å². The van der Waals surface area contributed by atoms with Crippen LogP contribution in [0.15, 0.2) is 0 Å². The second-order valence-electron chi connectivity index (χ2n) is 3.79. The summed E-state index contributed by atoms with van der Waals surface area (Å²) in [6.07, 6.45) is 3.72. The lowest BCUT2D eigenvalue weighted by Crippen LogP contribution is -2.29. The third-order valence-corrected chi connectivity index (χ3v) is 4.65. The van der Waals surface area contributed by atoms with Crippen LogP contribution in [0.4, 0.5) is 0 Å². The highest BCUT2D eigenvalue weighted by atomic mass is 28.4. The zero-order chi connectivity index (χ0) is 9.45. The Balaban J connectivity index is 3.33. The third-order valence-electron chi connectivity index (χ3n) is 2.02. The molecule has 0 rings (SSSR count). The number of unbranched alkanes of at least 4 members (excludes halogenated alkanes) is 2. The van der Waals surface area contributed by atoms with Crippen molar-refractivity contribution < 1.29 is 4.43 Å². The van der Waals surface area contributed by atoms with E-state index in [1.165, 1.54) is 18.9 Å². The van der Waals surface area contributed by atoms with Crippen molar-refractivity contribution in [2.45, 2.75) is 45.3 Å². The van der Waals surface area contributed by atoms with Crippen molar-refractivity contribution in [3.63, 3.8) is 0 Å². The van der Waals surface area contributed by atoms with E-state index in [1.54, 1.807) is 0 Å². The van der Waals surface area contributed by atoms with Crippen LogP contribution in [0.2, 0.25) is 19.1 Å². The van der Waals surface area contributed by atoms with Crippen molar-refractivity contribution in [2.24, 2.45) is 5.73 Å². The molecule has 0 unspecified atom stereocenters. The van der Waals surface area contributed by atoms with Crippen molar-refractivity contribution in [3.8, 4) is 0 Å². The zero-order valence-electron chi connectivity index (χ0n) is 8.73.